The molecule has 0 fully saturated rings. The van der Waals surface area contributed by atoms with Crippen molar-refractivity contribution in [2.45, 2.75) is 33.4 Å². The fraction of sp³-hybridized carbons (Fsp3) is 0.875. The van der Waals surface area contributed by atoms with Crippen LogP contribution in [0.4, 0.5) is 0 Å². The highest BCUT2D eigenvalue weighted by molar-refractivity contribution is 5.42. The zero-order valence-corrected chi connectivity index (χ0v) is 7.76. The summed E-state index contributed by atoms with van der Waals surface area (Å²) in [4.78, 5) is 7.85. The van der Waals surface area contributed by atoms with E-state index in [0.29, 0.717) is 12.5 Å². The molecule has 0 rings (SSSR count). The van der Waals surface area contributed by atoms with Crippen LogP contribution in [0.25, 0.3) is 0 Å². The number of hydrogen-bond acceptors (Lipinski definition) is 3. The quantitative estimate of drug-likeness (QED) is 0.617. The van der Waals surface area contributed by atoms with Gasteiger partial charge in [-0.15, -0.1) is 0 Å². The third kappa shape index (κ3) is 3.91. The Morgan fingerprint density at radius 2 is 2.09 bits per heavy atom. The number of aliphatic imine (C=N–C) groups is 2. The fourth-order valence-electron chi connectivity index (χ4n) is 0.343. The second-order valence-electron chi connectivity index (χ2n) is 3.07. The third-order valence-corrected chi connectivity index (χ3v) is 1.69. The Morgan fingerprint density at radius 3 is 2.45 bits per heavy atom. The minimum absolute atomic E-state index is 0.307. The summed E-state index contributed by atoms with van der Waals surface area (Å²) >= 11 is 0. The van der Waals surface area contributed by atoms with Gasteiger partial charge in [-0.25, -0.2) is 9.98 Å². The fourth-order valence-corrected chi connectivity index (χ4v) is 0.343. The average molecular weight is 155 g/mol. The molecule has 11 heavy (non-hydrogen) atoms. The molecule has 0 saturated heterocycles. The normalized spacial score (nSPS) is 15.5. The smallest absolute Gasteiger partial charge is 0.118 e. The van der Waals surface area contributed by atoms with Gasteiger partial charge in [-0.1, -0.05) is 13.8 Å². The van der Waals surface area contributed by atoms with E-state index in [-0.39, 0.29) is 0 Å². The van der Waals surface area contributed by atoms with Gasteiger partial charge in [0, 0.05) is 6.54 Å². The van der Waals surface area contributed by atoms with Crippen molar-refractivity contribution in [3.63, 3.8) is 0 Å². The number of hydrogen-bond donors (Lipinski definition) is 1. The van der Waals surface area contributed by atoms with Crippen LogP contribution in [0.3, 0.4) is 0 Å². The van der Waals surface area contributed by atoms with E-state index in [4.69, 9.17) is 5.73 Å². The molecular formula is C8H17N3. The minimum atomic E-state index is -0.529. The summed E-state index contributed by atoms with van der Waals surface area (Å²) in [6.45, 7) is 8.56. The molecule has 0 aliphatic carbocycles. The minimum Gasteiger partial charge on any atom is -0.307 e. The summed E-state index contributed by atoms with van der Waals surface area (Å²) < 4.78 is 0. The maximum atomic E-state index is 5.81. The van der Waals surface area contributed by atoms with Gasteiger partial charge in [-0.05, 0) is 19.8 Å². The lowest BCUT2D eigenvalue weighted by Crippen LogP contribution is -2.39. The van der Waals surface area contributed by atoms with E-state index in [2.05, 4.69) is 16.0 Å². The molecule has 64 valence electrons. The molecule has 0 aromatic rings. The van der Waals surface area contributed by atoms with Crippen molar-refractivity contribution >= 4 is 6.01 Å². The van der Waals surface area contributed by atoms with Crippen molar-refractivity contribution in [3.8, 4) is 0 Å². The van der Waals surface area contributed by atoms with E-state index < -0.39 is 5.66 Å². The Hall–Kier alpha value is -0.660. The van der Waals surface area contributed by atoms with E-state index in [0.717, 1.165) is 0 Å². The van der Waals surface area contributed by atoms with E-state index in [1.807, 2.05) is 27.7 Å². The van der Waals surface area contributed by atoms with Gasteiger partial charge in [0.2, 0.25) is 0 Å². The van der Waals surface area contributed by atoms with Gasteiger partial charge in [0.15, 0.2) is 0 Å². The van der Waals surface area contributed by atoms with Crippen LogP contribution in [0.2, 0.25) is 0 Å². The van der Waals surface area contributed by atoms with E-state index in [9.17, 15) is 0 Å². The van der Waals surface area contributed by atoms with Crippen molar-refractivity contribution in [2.24, 2.45) is 21.6 Å². The maximum absolute atomic E-state index is 5.81. The first kappa shape index (κ1) is 10.3. The molecular weight excluding hydrogens is 138 g/mol. The molecule has 0 amide bonds. The molecule has 2 N–H and O–H groups in total. The van der Waals surface area contributed by atoms with Gasteiger partial charge in [-0.2, -0.15) is 0 Å². The summed E-state index contributed by atoms with van der Waals surface area (Å²) in [5.74, 6) is 0.307. The summed E-state index contributed by atoms with van der Waals surface area (Å²) in [5.41, 5.74) is 5.28. The summed E-state index contributed by atoms with van der Waals surface area (Å²) in [6.07, 6.45) is 0. The average Bonchev–Trinajstić information content (AvgIpc) is 1.88. The van der Waals surface area contributed by atoms with Gasteiger partial charge >= 0.3 is 0 Å². The zero-order valence-electron chi connectivity index (χ0n) is 7.76. The monoisotopic (exact) mass is 155 g/mol. The first-order valence-electron chi connectivity index (χ1n) is 3.93. The van der Waals surface area contributed by atoms with E-state index in [1.54, 1.807) is 0 Å². The van der Waals surface area contributed by atoms with Crippen molar-refractivity contribution in [2.75, 3.05) is 6.54 Å². The molecule has 0 spiro atoms. The molecule has 0 aromatic carbocycles. The second kappa shape index (κ2) is 4.27. The number of nitrogens with two attached hydrogens (primary N) is 1. The SMILES string of the molecule is CCN=C=NC(C)(N)C(C)C. The van der Waals surface area contributed by atoms with Crippen molar-refractivity contribution in [3.05, 3.63) is 0 Å². The highest BCUT2D eigenvalue weighted by Gasteiger charge is 2.20. The maximum Gasteiger partial charge on any atom is 0.118 e. The third-order valence-electron chi connectivity index (χ3n) is 1.69. The van der Waals surface area contributed by atoms with Crippen LogP contribution in [0.5, 0.6) is 0 Å². The van der Waals surface area contributed by atoms with Gasteiger partial charge in [0.05, 0.1) is 6.01 Å². The molecule has 0 heterocycles. The lowest BCUT2D eigenvalue weighted by atomic mass is 10.0. The zero-order chi connectivity index (χ0) is 8.91. The molecule has 0 aromatic heterocycles. The topological polar surface area (TPSA) is 50.7 Å². The van der Waals surface area contributed by atoms with E-state index in [1.165, 1.54) is 0 Å². The van der Waals surface area contributed by atoms with Gasteiger partial charge in [0.1, 0.15) is 5.66 Å². The predicted octanol–water partition coefficient (Wildman–Crippen LogP) is 1.51. The number of nitrogens with zero attached hydrogens (tertiary/aromatic N) is 2. The largest absolute Gasteiger partial charge is 0.307 e. The number of rotatable bonds is 3. The Morgan fingerprint density at radius 1 is 1.55 bits per heavy atom. The molecule has 0 aliphatic rings. The molecule has 1 unspecified atom stereocenters. The molecule has 0 radical (unpaired) electrons. The van der Waals surface area contributed by atoms with Crippen molar-refractivity contribution < 1.29 is 0 Å². The van der Waals surface area contributed by atoms with Crippen LogP contribution < -0.4 is 5.73 Å². The van der Waals surface area contributed by atoms with Crippen LogP contribution in [-0.4, -0.2) is 18.2 Å². The molecule has 3 heteroatoms. The van der Waals surface area contributed by atoms with Crippen LogP contribution in [0, 0.1) is 5.92 Å². The summed E-state index contributed by atoms with van der Waals surface area (Å²) in [5, 5.41) is 0. The molecule has 0 bridgehead atoms. The molecule has 0 aliphatic heterocycles. The molecule has 3 nitrogen and oxygen atoms in total. The van der Waals surface area contributed by atoms with Gasteiger partial charge < -0.3 is 5.73 Å². The molecule has 0 saturated carbocycles. The highest BCUT2D eigenvalue weighted by Crippen LogP contribution is 2.12. The molecule has 1 atom stereocenters. The Kier molecular flexibility index (Phi) is 4.01. The van der Waals surface area contributed by atoms with Crippen molar-refractivity contribution in [1.82, 2.24) is 0 Å². The summed E-state index contributed by atoms with van der Waals surface area (Å²) in [7, 11) is 0. The Bertz CT molecular complexity index is 164. The van der Waals surface area contributed by atoms with E-state index >= 15 is 0 Å². The highest BCUT2D eigenvalue weighted by atomic mass is 15.0. The first-order chi connectivity index (χ1) is 5.00. The summed E-state index contributed by atoms with van der Waals surface area (Å²) in [6, 6.07) is 2.58. The first-order valence-corrected chi connectivity index (χ1v) is 3.93. The Balaban J connectivity index is 4.22. The van der Waals surface area contributed by atoms with Crippen LogP contribution >= 0.6 is 0 Å². The van der Waals surface area contributed by atoms with Crippen LogP contribution in [0.1, 0.15) is 27.7 Å². The second-order valence-corrected chi connectivity index (χ2v) is 3.07. The Labute approximate surface area is 68.4 Å². The lowest BCUT2D eigenvalue weighted by Gasteiger charge is -2.21. The predicted molar refractivity (Wildman–Crippen MR) is 47.8 cm³/mol. The van der Waals surface area contributed by atoms with Crippen LogP contribution in [-0.2, 0) is 0 Å². The van der Waals surface area contributed by atoms with Crippen molar-refractivity contribution in [1.29, 1.82) is 0 Å². The van der Waals surface area contributed by atoms with Gasteiger partial charge in [0.25, 0.3) is 0 Å². The van der Waals surface area contributed by atoms with Crippen LogP contribution in [0.15, 0.2) is 9.98 Å². The lowest BCUT2D eigenvalue weighted by molar-refractivity contribution is 0.357. The standard InChI is InChI=1S/C8H17N3/c1-5-10-6-11-8(4,9)7(2)3/h7H,5,9H2,1-4H3. The van der Waals surface area contributed by atoms with Gasteiger partial charge in [-0.3, -0.25) is 0 Å².